The van der Waals surface area contributed by atoms with Crippen LogP contribution >= 0.6 is 0 Å². The number of amides is 3. The van der Waals surface area contributed by atoms with E-state index >= 15 is 0 Å². The minimum absolute atomic E-state index is 0.0479. The molecule has 136 valence electrons. The highest BCUT2D eigenvalue weighted by atomic mass is 16.2. The highest BCUT2D eigenvalue weighted by molar-refractivity contribution is 5.80. The van der Waals surface area contributed by atoms with Gasteiger partial charge in [0.05, 0.1) is 0 Å². The smallest absolute Gasteiger partial charge is 0.319 e. The van der Waals surface area contributed by atoms with Gasteiger partial charge in [0.1, 0.15) is 0 Å². The van der Waals surface area contributed by atoms with E-state index in [1.807, 2.05) is 9.80 Å². The zero-order chi connectivity index (χ0) is 18.0. The summed E-state index contributed by atoms with van der Waals surface area (Å²) in [6, 6.07) is 8.55. The number of nitrogens with zero attached hydrogens (tertiary/aromatic N) is 3. The van der Waals surface area contributed by atoms with Crippen LogP contribution in [-0.2, 0) is 4.79 Å². The second kappa shape index (κ2) is 7.46. The lowest BCUT2D eigenvalue weighted by atomic mass is 9.94. The maximum atomic E-state index is 12.9. The van der Waals surface area contributed by atoms with Crippen molar-refractivity contribution in [1.82, 2.24) is 14.7 Å². The first-order valence-corrected chi connectivity index (χ1v) is 9.28. The molecule has 0 aliphatic carbocycles. The van der Waals surface area contributed by atoms with Crippen molar-refractivity contribution in [2.24, 2.45) is 5.92 Å². The topological polar surface area (TPSA) is 43.9 Å². The lowest BCUT2D eigenvalue weighted by Gasteiger charge is -2.34. The van der Waals surface area contributed by atoms with Crippen LogP contribution < -0.4 is 0 Å². The van der Waals surface area contributed by atoms with Crippen LogP contribution in [0.15, 0.2) is 24.3 Å². The molecule has 2 heterocycles. The maximum Gasteiger partial charge on any atom is 0.319 e. The van der Waals surface area contributed by atoms with Crippen LogP contribution in [0.4, 0.5) is 4.79 Å². The Morgan fingerprint density at radius 1 is 1.00 bits per heavy atom. The van der Waals surface area contributed by atoms with Gasteiger partial charge < -0.3 is 14.7 Å². The van der Waals surface area contributed by atoms with Crippen molar-refractivity contribution < 1.29 is 9.59 Å². The fraction of sp³-hybridized carbons (Fsp3) is 0.600. The molecule has 2 aliphatic heterocycles. The van der Waals surface area contributed by atoms with Crippen molar-refractivity contribution in [3.63, 3.8) is 0 Å². The van der Waals surface area contributed by atoms with Crippen LogP contribution in [0.5, 0.6) is 0 Å². The Labute approximate surface area is 150 Å². The third-order valence-corrected chi connectivity index (χ3v) is 5.63. The van der Waals surface area contributed by atoms with Gasteiger partial charge in [0.15, 0.2) is 0 Å². The van der Waals surface area contributed by atoms with Crippen molar-refractivity contribution >= 4 is 11.9 Å². The molecule has 2 fully saturated rings. The monoisotopic (exact) mass is 343 g/mol. The molecular formula is C20H29N3O2. The quantitative estimate of drug-likeness (QED) is 0.829. The van der Waals surface area contributed by atoms with Gasteiger partial charge in [-0.1, -0.05) is 24.3 Å². The number of likely N-dealkylation sites (tertiary alicyclic amines) is 2. The number of aryl methyl sites for hydroxylation is 1. The zero-order valence-electron chi connectivity index (χ0n) is 15.6. The van der Waals surface area contributed by atoms with Crippen molar-refractivity contribution in [3.05, 3.63) is 35.4 Å². The highest BCUT2D eigenvalue weighted by Crippen LogP contribution is 2.31. The van der Waals surface area contributed by atoms with Gasteiger partial charge in [0, 0.05) is 52.1 Å². The lowest BCUT2D eigenvalue weighted by molar-refractivity contribution is -0.135. The molecule has 0 bridgehead atoms. The van der Waals surface area contributed by atoms with E-state index in [0.29, 0.717) is 19.0 Å². The van der Waals surface area contributed by atoms with Gasteiger partial charge >= 0.3 is 6.03 Å². The van der Waals surface area contributed by atoms with E-state index < -0.39 is 0 Å². The molecule has 3 amide bonds. The van der Waals surface area contributed by atoms with E-state index in [1.165, 1.54) is 11.1 Å². The van der Waals surface area contributed by atoms with Crippen molar-refractivity contribution in [1.29, 1.82) is 0 Å². The Morgan fingerprint density at radius 3 is 2.28 bits per heavy atom. The molecule has 25 heavy (non-hydrogen) atoms. The lowest BCUT2D eigenvalue weighted by Crippen LogP contribution is -2.46. The average molecular weight is 343 g/mol. The van der Waals surface area contributed by atoms with Gasteiger partial charge in [-0.3, -0.25) is 4.79 Å². The molecule has 0 aromatic heterocycles. The minimum Gasteiger partial charge on any atom is -0.342 e. The summed E-state index contributed by atoms with van der Waals surface area (Å²) in [5.41, 5.74) is 2.70. The van der Waals surface area contributed by atoms with E-state index in [9.17, 15) is 9.59 Å². The molecule has 5 nitrogen and oxygen atoms in total. The third-order valence-electron chi connectivity index (χ3n) is 5.63. The Balaban J connectivity index is 1.55. The van der Waals surface area contributed by atoms with Gasteiger partial charge in [-0.2, -0.15) is 0 Å². The fourth-order valence-corrected chi connectivity index (χ4v) is 4.12. The number of urea groups is 1. The Morgan fingerprint density at radius 2 is 1.64 bits per heavy atom. The number of piperidine rings is 1. The van der Waals surface area contributed by atoms with Gasteiger partial charge in [-0.25, -0.2) is 4.79 Å². The Kier molecular flexibility index (Phi) is 5.30. The second-order valence-electron chi connectivity index (χ2n) is 7.56. The molecule has 0 spiro atoms. The summed E-state index contributed by atoms with van der Waals surface area (Å²) in [6.07, 6.45) is 2.61. The van der Waals surface area contributed by atoms with Gasteiger partial charge in [0.2, 0.25) is 5.91 Å². The van der Waals surface area contributed by atoms with E-state index in [1.54, 1.807) is 19.0 Å². The van der Waals surface area contributed by atoms with Crippen LogP contribution in [0, 0.1) is 12.8 Å². The number of benzene rings is 1. The van der Waals surface area contributed by atoms with Gasteiger partial charge in [-0.05, 0) is 37.3 Å². The summed E-state index contributed by atoms with van der Waals surface area (Å²) in [5.74, 6) is 0.815. The van der Waals surface area contributed by atoms with Gasteiger partial charge in [-0.15, -0.1) is 0 Å². The summed E-state index contributed by atoms with van der Waals surface area (Å²) in [6.45, 7) is 5.21. The summed E-state index contributed by atoms with van der Waals surface area (Å²) >= 11 is 0. The minimum atomic E-state index is 0.0479. The molecule has 2 aliphatic rings. The molecule has 0 N–H and O–H groups in total. The number of hydrogen-bond acceptors (Lipinski definition) is 2. The molecule has 1 aromatic carbocycles. The predicted molar refractivity (Wildman–Crippen MR) is 98.5 cm³/mol. The van der Waals surface area contributed by atoms with Crippen molar-refractivity contribution in [2.75, 3.05) is 40.3 Å². The molecule has 1 aromatic rings. The van der Waals surface area contributed by atoms with Crippen LogP contribution in [0.3, 0.4) is 0 Å². The zero-order valence-corrected chi connectivity index (χ0v) is 15.6. The van der Waals surface area contributed by atoms with E-state index in [-0.39, 0.29) is 17.9 Å². The van der Waals surface area contributed by atoms with Gasteiger partial charge in [0.25, 0.3) is 0 Å². The number of rotatable bonds is 2. The summed E-state index contributed by atoms with van der Waals surface area (Å²) in [7, 11) is 3.55. The first-order chi connectivity index (χ1) is 12.0. The molecular weight excluding hydrogens is 314 g/mol. The van der Waals surface area contributed by atoms with Crippen LogP contribution in [0.1, 0.15) is 36.3 Å². The van der Waals surface area contributed by atoms with Crippen LogP contribution in [-0.4, -0.2) is 66.9 Å². The van der Waals surface area contributed by atoms with E-state index in [4.69, 9.17) is 0 Å². The fourth-order valence-electron chi connectivity index (χ4n) is 4.12. The normalized spacial score (nSPS) is 21.5. The number of carbonyl (C=O) groups is 2. The standard InChI is InChI=1S/C20H29N3O2/c1-15-6-4-5-7-18(15)17-10-13-23(14-17)19(24)16-8-11-22(12-9-16)20(25)21(2)3/h4-7,16-17H,8-14H2,1-3H3/t17-/m1/s1. The maximum absolute atomic E-state index is 12.9. The Hall–Kier alpha value is -2.04. The number of hydrogen-bond donors (Lipinski definition) is 0. The van der Waals surface area contributed by atoms with Crippen molar-refractivity contribution in [2.45, 2.75) is 32.1 Å². The van der Waals surface area contributed by atoms with Crippen molar-refractivity contribution in [3.8, 4) is 0 Å². The molecule has 1 atom stereocenters. The molecule has 0 radical (unpaired) electrons. The molecule has 2 saturated heterocycles. The molecule has 3 rings (SSSR count). The SMILES string of the molecule is Cc1ccccc1[C@@H]1CCN(C(=O)C2CCN(C(=O)N(C)C)CC2)C1. The second-order valence-corrected chi connectivity index (χ2v) is 7.56. The Bertz CT molecular complexity index is 636. The average Bonchev–Trinajstić information content (AvgIpc) is 3.10. The number of carbonyl (C=O) groups excluding carboxylic acids is 2. The van der Waals surface area contributed by atoms with Crippen LogP contribution in [0.2, 0.25) is 0 Å². The van der Waals surface area contributed by atoms with E-state index in [0.717, 1.165) is 32.4 Å². The molecule has 5 heteroatoms. The summed E-state index contributed by atoms with van der Waals surface area (Å²) in [5, 5.41) is 0. The first kappa shape index (κ1) is 17.8. The summed E-state index contributed by atoms with van der Waals surface area (Å²) in [4.78, 5) is 30.4. The molecule has 0 saturated carbocycles. The first-order valence-electron chi connectivity index (χ1n) is 9.28. The largest absolute Gasteiger partial charge is 0.342 e. The third kappa shape index (κ3) is 3.80. The molecule has 0 unspecified atom stereocenters. The highest BCUT2D eigenvalue weighted by Gasteiger charge is 2.34. The predicted octanol–water partition coefficient (Wildman–Crippen LogP) is 2.70. The van der Waals surface area contributed by atoms with Crippen LogP contribution in [0.25, 0.3) is 0 Å². The summed E-state index contributed by atoms with van der Waals surface area (Å²) < 4.78 is 0. The van der Waals surface area contributed by atoms with E-state index in [2.05, 4.69) is 31.2 Å².